The molecule has 4 nitrogen and oxygen atoms in total. The average molecular weight is 315 g/mol. The fourth-order valence-electron chi connectivity index (χ4n) is 2.00. The van der Waals surface area contributed by atoms with E-state index in [2.05, 4.69) is 16.8 Å². The number of rotatable bonds is 5. The smallest absolute Gasteiger partial charge is 0.149 e. The molecule has 120 valence electrons. The van der Waals surface area contributed by atoms with Crippen LogP contribution < -0.4 is 4.74 Å². The van der Waals surface area contributed by atoms with E-state index in [1.807, 2.05) is 6.07 Å². The van der Waals surface area contributed by atoms with Crippen LogP contribution >= 0.6 is 0 Å². The zero-order valence-corrected chi connectivity index (χ0v) is 12.8. The third-order valence-corrected chi connectivity index (χ3v) is 3.45. The summed E-state index contributed by atoms with van der Waals surface area (Å²) in [4.78, 5) is 4.06. The van der Waals surface area contributed by atoms with Crippen molar-refractivity contribution in [3.63, 3.8) is 0 Å². The van der Waals surface area contributed by atoms with Gasteiger partial charge in [0.1, 0.15) is 29.5 Å². The van der Waals surface area contributed by atoms with Gasteiger partial charge in [-0.1, -0.05) is 18.9 Å². The number of aromatic nitrogens is 1. The van der Waals surface area contributed by atoms with Crippen molar-refractivity contribution in [1.82, 2.24) is 4.98 Å². The van der Waals surface area contributed by atoms with E-state index in [1.54, 1.807) is 25.3 Å². The molecule has 2 aromatic rings. The van der Waals surface area contributed by atoms with Gasteiger partial charge in [0, 0.05) is 12.3 Å². The predicted molar refractivity (Wildman–Crippen MR) is 84.3 cm³/mol. The Hall–Kier alpha value is -2.42. The first-order valence-corrected chi connectivity index (χ1v) is 7.24. The largest absolute Gasteiger partial charge is 0.481 e. The zero-order chi connectivity index (χ0) is 16.7. The lowest BCUT2D eigenvalue weighted by molar-refractivity contribution is -0.0226. The first-order valence-electron chi connectivity index (χ1n) is 7.24. The Kier molecular flexibility index (Phi) is 5.69. The van der Waals surface area contributed by atoms with Crippen LogP contribution in [0.4, 0.5) is 4.39 Å². The maximum atomic E-state index is 13.7. The van der Waals surface area contributed by atoms with Crippen LogP contribution in [0.25, 0.3) is 0 Å². The summed E-state index contributed by atoms with van der Waals surface area (Å²) in [5.74, 6) is 5.31. The lowest BCUT2D eigenvalue weighted by Gasteiger charge is -2.25. The summed E-state index contributed by atoms with van der Waals surface area (Å²) in [6.45, 7) is 1.27. The van der Waals surface area contributed by atoms with Gasteiger partial charge in [0.15, 0.2) is 0 Å². The Labute approximate surface area is 134 Å². The summed E-state index contributed by atoms with van der Waals surface area (Å²) in [5.41, 5.74) is -0.591. The second-order valence-electron chi connectivity index (χ2n) is 5.02. The van der Waals surface area contributed by atoms with Gasteiger partial charge in [-0.3, -0.25) is 0 Å². The molecule has 2 N–H and O–H groups in total. The van der Waals surface area contributed by atoms with Gasteiger partial charge in [0.05, 0.1) is 6.61 Å². The Bertz CT molecular complexity index is 703. The molecule has 0 saturated heterocycles. The molecule has 0 aliphatic heterocycles. The SMILES string of the molecule is CCC(O)(CO)c1cc(F)cc(OCC#Cc2ccccn2)c1. The lowest BCUT2D eigenvalue weighted by atomic mass is 9.92. The van der Waals surface area contributed by atoms with Crippen LogP contribution in [0.15, 0.2) is 42.6 Å². The lowest BCUT2D eigenvalue weighted by Crippen LogP contribution is -2.29. The quantitative estimate of drug-likeness (QED) is 0.831. The third-order valence-electron chi connectivity index (χ3n) is 3.45. The number of halogens is 1. The summed E-state index contributed by atoms with van der Waals surface area (Å²) in [5, 5.41) is 19.6. The molecule has 0 fully saturated rings. The summed E-state index contributed by atoms with van der Waals surface area (Å²) in [7, 11) is 0. The van der Waals surface area contributed by atoms with Gasteiger partial charge < -0.3 is 14.9 Å². The highest BCUT2D eigenvalue weighted by molar-refractivity contribution is 5.34. The molecule has 1 unspecified atom stereocenters. The molecular formula is C18H18FNO3. The number of benzene rings is 1. The molecule has 0 aliphatic rings. The van der Waals surface area contributed by atoms with E-state index in [9.17, 15) is 14.6 Å². The molecule has 1 aromatic carbocycles. The molecule has 0 saturated carbocycles. The van der Waals surface area contributed by atoms with Crippen molar-refractivity contribution in [2.45, 2.75) is 18.9 Å². The van der Waals surface area contributed by atoms with Crippen molar-refractivity contribution in [3.05, 3.63) is 59.7 Å². The average Bonchev–Trinajstić information content (AvgIpc) is 2.58. The highest BCUT2D eigenvalue weighted by Crippen LogP contribution is 2.28. The van der Waals surface area contributed by atoms with Gasteiger partial charge in [-0.25, -0.2) is 9.37 Å². The molecule has 2 rings (SSSR count). The van der Waals surface area contributed by atoms with Crippen molar-refractivity contribution in [1.29, 1.82) is 0 Å². The standard InChI is InChI=1S/C18H18FNO3/c1-2-18(22,13-21)14-10-15(19)12-17(11-14)23-9-5-7-16-6-3-4-8-20-16/h3-4,6,8,10-12,21-22H,2,9,13H2,1H3. The van der Waals surface area contributed by atoms with Crippen molar-refractivity contribution in [2.24, 2.45) is 0 Å². The minimum absolute atomic E-state index is 0.0587. The van der Waals surface area contributed by atoms with E-state index in [-0.39, 0.29) is 24.3 Å². The summed E-state index contributed by atoms with van der Waals surface area (Å²) >= 11 is 0. The normalized spacial score (nSPS) is 12.9. The van der Waals surface area contributed by atoms with Crippen LogP contribution in [0.5, 0.6) is 5.75 Å². The van der Waals surface area contributed by atoms with E-state index in [0.717, 1.165) is 0 Å². The predicted octanol–water partition coefficient (Wildman–Crippen LogP) is 2.24. The number of nitrogens with zero attached hydrogens (tertiary/aromatic N) is 1. The van der Waals surface area contributed by atoms with Crippen molar-refractivity contribution in [2.75, 3.05) is 13.2 Å². The van der Waals surface area contributed by atoms with Gasteiger partial charge >= 0.3 is 0 Å². The molecule has 0 radical (unpaired) electrons. The Morgan fingerprint density at radius 2 is 2.13 bits per heavy atom. The van der Waals surface area contributed by atoms with E-state index >= 15 is 0 Å². The van der Waals surface area contributed by atoms with Crippen LogP contribution in [-0.4, -0.2) is 28.4 Å². The fraction of sp³-hybridized carbons (Fsp3) is 0.278. The first-order chi connectivity index (χ1) is 11.1. The molecular weight excluding hydrogens is 297 g/mol. The van der Waals surface area contributed by atoms with Gasteiger partial charge in [0.25, 0.3) is 0 Å². The number of hydrogen-bond acceptors (Lipinski definition) is 4. The van der Waals surface area contributed by atoms with Crippen LogP contribution in [0.1, 0.15) is 24.6 Å². The Balaban J connectivity index is 2.09. The highest BCUT2D eigenvalue weighted by Gasteiger charge is 2.27. The van der Waals surface area contributed by atoms with E-state index < -0.39 is 18.0 Å². The molecule has 5 heteroatoms. The zero-order valence-electron chi connectivity index (χ0n) is 12.8. The molecule has 0 bridgehead atoms. The second kappa shape index (κ2) is 7.73. The number of aliphatic hydroxyl groups excluding tert-OH is 1. The topological polar surface area (TPSA) is 62.6 Å². The van der Waals surface area contributed by atoms with E-state index in [0.29, 0.717) is 5.69 Å². The van der Waals surface area contributed by atoms with Crippen molar-refractivity contribution >= 4 is 0 Å². The molecule has 0 spiro atoms. The summed E-state index contributed by atoms with van der Waals surface area (Å²) in [6, 6.07) is 9.30. The van der Waals surface area contributed by atoms with Crippen LogP contribution in [0.3, 0.4) is 0 Å². The second-order valence-corrected chi connectivity index (χ2v) is 5.02. The van der Waals surface area contributed by atoms with Crippen molar-refractivity contribution < 1.29 is 19.3 Å². The third kappa shape index (κ3) is 4.52. The Morgan fingerprint density at radius 3 is 2.78 bits per heavy atom. The molecule has 1 atom stereocenters. The van der Waals surface area contributed by atoms with E-state index in [4.69, 9.17) is 4.74 Å². The monoisotopic (exact) mass is 315 g/mol. The number of pyridine rings is 1. The fourth-order valence-corrected chi connectivity index (χ4v) is 2.00. The van der Waals surface area contributed by atoms with Gasteiger partial charge in [0.2, 0.25) is 0 Å². The van der Waals surface area contributed by atoms with Gasteiger partial charge in [-0.05, 0) is 42.2 Å². The minimum atomic E-state index is -1.49. The molecule has 0 amide bonds. The number of ether oxygens (including phenoxy) is 1. The highest BCUT2D eigenvalue weighted by atomic mass is 19.1. The van der Waals surface area contributed by atoms with E-state index in [1.165, 1.54) is 18.2 Å². The minimum Gasteiger partial charge on any atom is -0.481 e. The molecule has 0 aliphatic carbocycles. The van der Waals surface area contributed by atoms with Gasteiger partial charge in [-0.15, -0.1) is 0 Å². The maximum Gasteiger partial charge on any atom is 0.149 e. The Morgan fingerprint density at radius 1 is 1.30 bits per heavy atom. The molecule has 23 heavy (non-hydrogen) atoms. The summed E-state index contributed by atoms with van der Waals surface area (Å²) in [6.07, 6.45) is 1.90. The maximum absolute atomic E-state index is 13.7. The number of aliphatic hydroxyl groups is 2. The van der Waals surface area contributed by atoms with Crippen molar-refractivity contribution in [3.8, 4) is 17.6 Å². The number of hydrogen-bond donors (Lipinski definition) is 2. The van der Waals surface area contributed by atoms with Crippen LogP contribution in [-0.2, 0) is 5.60 Å². The van der Waals surface area contributed by atoms with Gasteiger partial charge in [-0.2, -0.15) is 0 Å². The molecule has 1 heterocycles. The van der Waals surface area contributed by atoms with Crippen LogP contribution in [0, 0.1) is 17.7 Å². The summed E-state index contributed by atoms with van der Waals surface area (Å²) < 4.78 is 19.1. The molecule has 1 aromatic heterocycles. The van der Waals surface area contributed by atoms with Crippen LogP contribution in [0.2, 0.25) is 0 Å². The first kappa shape index (κ1) is 16.9.